The fourth-order valence-corrected chi connectivity index (χ4v) is 4.15. The number of fused-ring (bicyclic) bond motifs is 5. The summed E-state index contributed by atoms with van der Waals surface area (Å²) in [6.07, 6.45) is 0. The highest BCUT2D eigenvalue weighted by molar-refractivity contribution is 6.15. The molecule has 4 aromatic rings. The zero-order valence-corrected chi connectivity index (χ0v) is 14.7. The molecule has 2 nitrogen and oxygen atoms in total. The molecule has 5 rings (SSSR count). The standard InChI is InChI=1S/C24H18O2/c1-25-20-12-6-10-17-16-8-3-4-9-18(16)24-21(26-2)14-13-15-7-5-11-19(22(15)24)23(17)20/h3-14H,1-2H3. The molecule has 0 aliphatic heterocycles. The second-order valence-corrected chi connectivity index (χ2v) is 6.47. The molecule has 0 spiro atoms. The lowest BCUT2D eigenvalue weighted by Crippen LogP contribution is -1.91. The highest BCUT2D eigenvalue weighted by Crippen LogP contribution is 2.52. The minimum Gasteiger partial charge on any atom is -0.496 e. The molecular weight excluding hydrogens is 320 g/mol. The van der Waals surface area contributed by atoms with Crippen LogP contribution in [0.15, 0.2) is 72.8 Å². The van der Waals surface area contributed by atoms with Gasteiger partial charge >= 0.3 is 0 Å². The summed E-state index contributed by atoms with van der Waals surface area (Å²) >= 11 is 0. The molecule has 0 N–H and O–H groups in total. The fraction of sp³-hybridized carbons (Fsp3) is 0.0833. The first kappa shape index (κ1) is 15.0. The number of rotatable bonds is 2. The summed E-state index contributed by atoms with van der Waals surface area (Å²) in [6, 6.07) is 25.4. The Morgan fingerprint density at radius 3 is 1.96 bits per heavy atom. The Kier molecular flexibility index (Phi) is 3.26. The van der Waals surface area contributed by atoms with Crippen LogP contribution in [0.4, 0.5) is 0 Å². The second-order valence-electron chi connectivity index (χ2n) is 6.47. The largest absolute Gasteiger partial charge is 0.496 e. The molecule has 126 valence electrons. The van der Waals surface area contributed by atoms with Crippen LogP contribution in [-0.4, -0.2) is 14.2 Å². The average molecular weight is 338 g/mol. The minimum atomic E-state index is 0.889. The molecule has 0 saturated heterocycles. The van der Waals surface area contributed by atoms with Gasteiger partial charge in [-0.25, -0.2) is 0 Å². The number of ether oxygens (including phenoxy) is 2. The summed E-state index contributed by atoms with van der Waals surface area (Å²) in [4.78, 5) is 0. The lowest BCUT2D eigenvalue weighted by atomic mass is 9.93. The summed E-state index contributed by atoms with van der Waals surface area (Å²) in [7, 11) is 3.47. The number of benzene rings is 4. The molecule has 4 aromatic carbocycles. The lowest BCUT2D eigenvalue weighted by molar-refractivity contribution is 0.416. The number of methoxy groups -OCH3 is 2. The van der Waals surface area contributed by atoms with Gasteiger partial charge in [0, 0.05) is 16.5 Å². The van der Waals surface area contributed by atoms with Crippen LogP contribution in [0.25, 0.3) is 44.2 Å². The molecule has 0 bridgehead atoms. The maximum absolute atomic E-state index is 5.77. The van der Waals surface area contributed by atoms with E-state index in [2.05, 4.69) is 66.7 Å². The number of hydrogen-bond donors (Lipinski definition) is 0. The van der Waals surface area contributed by atoms with Crippen molar-refractivity contribution in [2.45, 2.75) is 0 Å². The van der Waals surface area contributed by atoms with Gasteiger partial charge in [0.2, 0.25) is 0 Å². The van der Waals surface area contributed by atoms with Gasteiger partial charge in [-0.1, -0.05) is 60.7 Å². The zero-order valence-electron chi connectivity index (χ0n) is 14.7. The molecule has 0 fully saturated rings. The average Bonchev–Trinajstić information content (AvgIpc) is 2.83. The maximum atomic E-state index is 5.77. The van der Waals surface area contributed by atoms with Crippen LogP contribution in [0.1, 0.15) is 0 Å². The van der Waals surface area contributed by atoms with Crippen molar-refractivity contribution in [2.24, 2.45) is 0 Å². The van der Waals surface area contributed by atoms with E-state index in [0.717, 1.165) is 22.6 Å². The van der Waals surface area contributed by atoms with Crippen molar-refractivity contribution in [1.82, 2.24) is 0 Å². The van der Waals surface area contributed by atoms with Gasteiger partial charge in [0.05, 0.1) is 14.2 Å². The van der Waals surface area contributed by atoms with Crippen molar-refractivity contribution in [3.8, 4) is 44.9 Å². The van der Waals surface area contributed by atoms with E-state index in [1.165, 1.54) is 33.0 Å². The fourth-order valence-electron chi connectivity index (χ4n) is 4.15. The van der Waals surface area contributed by atoms with Crippen LogP contribution < -0.4 is 9.47 Å². The van der Waals surface area contributed by atoms with Crippen molar-refractivity contribution in [2.75, 3.05) is 14.2 Å². The first-order chi connectivity index (χ1) is 12.8. The summed E-state index contributed by atoms with van der Waals surface area (Å²) in [5.74, 6) is 1.78. The normalized spacial score (nSPS) is 11.5. The quantitative estimate of drug-likeness (QED) is 0.383. The molecule has 0 aromatic heterocycles. The van der Waals surface area contributed by atoms with Crippen LogP contribution in [-0.2, 0) is 0 Å². The molecule has 1 aliphatic rings. The minimum absolute atomic E-state index is 0.889. The third-order valence-electron chi connectivity index (χ3n) is 5.23. The maximum Gasteiger partial charge on any atom is 0.127 e. The van der Waals surface area contributed by atoms with Crippen molar-refractivity contribution in [1.29, 1.82) is 0 Å². The third kappa shape index (κ3) is 1.93. The highest BCUT2D eigenvalue weighted by Gasteiger charge is 2.25. The van der Waals surface area contributed by atoms with E-state index in [1.807, 2.05) is 6.07 Å². The van der Waals surface area contributed by atoms with E-state index >= 15 is 0 Å². The van der Waals surface area contributed by atoms with Crippen LogP contribution in [0, 0.1) is 0 Å². The van der Waals surface area contributed by atoms with Gasteiger partial charge in [-0.05, 0) is 39.8 Å². The summed E-state index contributed by atoms with van der Waals surface area (Å²) in [5.41, 5.74) is 7.04. The van der Waals surface area contributed by atoms with Crippen molar-refractivity contribution < 1.29 is 9.47 Å². The third-order valence-corrected chi connectivity index (χ3v) is 5.23. The van der Waals surface area contributed by atoms with Crippen LogP contribution in [0.5, 0.6) is 11.5 Å². The van der Waals surface area contributed by atoms with Gasteiger partial charge < -0.3 is 9.47 Å². The molecule has 26 heavy (non-hydrogen) atoms. The van der Waals surface area contributed by atoms with Crippen LogP contribution >= 0.6 is 0 Å². The Labute approximate surface area is 152 Å². The van der Waals surface area contributed by atoms with Gasteiger partial charge in [-0.3, -0.25) is 0 Å². The summed E-state index contributed by atoms with van der Waals surface area (Å²) in [5, 5.41) is 2.41. The first-order valence-corrected chi connectivity index (χ1v) is 8.70. The van der Waals surface area contributed by atoms with Crippen molar-refractivity contribution >= 4 is 10.8 Å². The first-order valence-electron chi connectivity index (χ1n) is 8.70. The Balaban J connectivity index is 2.10. The van der Waals surface area contributed by atoms with Gasteiger partial charge in [-0.2, -0.15) is 0 Å². The van der Waals surface area contributed by atoms with E-state index in [4.69, 9.17) is 9.47 Å². The van der Waals surface area contributed by atoms with E-state index in [-0.39, 0.29) is 0 Å². The molecule has 0 unspecified atom stereocenters. The summed E-state index contributed by atoms with van der Waals surface area (Å²) in [6.45, 7) is 0. The Bertz CT molecular complexity index is 1160. The van der Waals surface area contributed by atoms with Crippen molar-refractivity contribution in [3.05, 3.63) is 72.8 Å². The Morgan fingerprint density at radius 1 is 0.500 bits per heavy atom. The van der Waals surface area contributed by atoms with E-state index in [0.29, 0.717) is 0 Å². The smallest absolute Gasteiger partial charge is 0.127 e. The van der Waals surface area contributed by atoms with Gasteiger partial charge in [0.25, 0.3) is 0 Å². The Morgan fingerprint density at radius 2 is 1.15 bits per heavy atom. The predicted molar refractivity (Wildman–Crippen MR) is 107 cm³/mol. The number of hydrogen-bond acceptors (Lipinski definition) is 2. The molecular formula is C24H18O2. The molecule has 0 amide bonds. The van der Waals surface area contributed by atoms with Gasteiger partial charge in [0.15, 0.2) is 0 Å². The monoisotopic (exact) mass is 338 g/mol. The van der Waals surface area contributed by atoms with Gasteiger partial charge in [-0.15, -0.1) is 0 Å². The molecule has 2 heteroatoms. The molecule has 0 heterocycles. The molecule has 0 radical (unpaired) electrons. The van der Waals surface area contributed by atoms with Crippen LogP contribution in [0.3, 0.4) is 0 Å². The second kappa shape index (κ2) is 5.63. The Hall–Kier alpha value is -3.26. The van der Waals surface area contributed by atoms with E-state index in [1.54, 1.807) is 14.2 Å². The predicted octanol–water partition coefficient (Wildman–Crippen LogP) is 6.17. The molecule has 0 atom stereocenters. The lowest BCUT2D eigenvalue weighted by Gasteiger charge is -2.15. The molecule has 0 saturated carbocycles. The van der Waals surface area contributed by atoms with E-state index in [9.17, 15) is 0 Å². The highest BCUT2D eigenvalue weighted by atomic mass is 16.5. The molecule has 1 aliphatic carbocycles. The topological polar surface area (TPSA) is 18.5 Å². The SMILES string of the molecule is COc1cccc2c1-c1cccc3ccc(OC)c(c13)-c1ccccc1-2. The van der Waals surface area contributed by atoms with Gasteiger partial charge in [0.1, 0.15) is 11.5 Å². The van der Waals surface area contributed by atoms with Crippen LogP contribution in [0.2, 0.25) is 0 Å². The van der Waals surface area contributed by atoms with E-state index < -0.39 is 0 Å². The summed E-state index contributed by atoms with van der Waals surface area (Å²) < 4.78 is 11.5. The van der Waals surface area contributed by atoms with Crippen molar-refractivity contribution in [3.63, 3.8) is 0 Å². The zero-order chi connectivity index (χ0) is 17.7.